The average molecular weight is 379 g/mol. The first-order chi connectivity index (χ1) is 8.46. The first-order valence-corrected chi connectivity index (χ1v) is 6.34. The van der Waals surface area contributed by atoms with Crippen LogP contribution in [0.3, 0.4) is 0 Å². The summed E-state index contributed by atoms with van der Waals surface area (Å²) < 4.78 is 11.8. The number of halogens is 1. The summed E-state index contributed by atoms with van der Waals surface area (Å²) in [6.45, 7) is 2.09. The van der Waals surface area contributed by atoms with E-state index in [4.69, 9.17) is 9.47 Å². The van der Waals surface area contributed by atoms with E-state index >= 15 is 0 Å². The molecular formula is C14H22INO3. The van der Waals surface area contributed by atoms with Gasteiger partial charge in [0.05, 0.1) is 33.8 Å². The number of hydrogen-bond acceptors (Lipinski definition) is 3. The Bertz CT molecular complexity index is 418. The third-order valence-corrected chi connectivity index (χ3v) is 3.02. The Morgan fingerprint density at radius 1 is 1.16 bits per heavy atom. The molecule has 1 aromatic rings. The monoisotopic (exact) mass is 379 g/mol. The van der Waals surface area contributed by atoms with Gasteiger partial charge in [0.25, 0.3) is 0 Å². The standard InChI is InChI=1S/C14H22NO3.HI/c1-15(2,3)7-6-12(16)11-4-5-13-14(10-11)18-9-8-17-13;/h4-5,10,12,16H,6-9H2,1-3H3;1H/q+1;/p-1. The number of nitrogens with zero attached hydrogens (tertiary/aromatic N) is 1. The number of fused-ring (bicyclic) bond motifs is 1. The van der Waals surface area contributed by atoms with Gasteiger partial charge in [0.15, 0.2) is 11.5 Å². The highest BCUT2D eigenvalue weighted by atomic mass is 127. The highest BCUT2D eigenvalue weighted by Crippen LogP contribution is 2.33. The maximum Gasteiger partial charge on any atom is 0.161 e. The summed E-state index contributed by atoms with van der Waals surface area (Å²) in [6.07, 6.45) is 0.293. The molecule has 1 atom stereocenters. The van der Waals surface area contributed by atoms with Gasteiger partial charge in [0.1, 0.15) is 13.2 Å². The summed E-state index contributed by atoms with van der Waals surface area (Å²) >= 11 is 0. The van der Waals surface area contributed by atoms with Crippen LogP contribution >= 0.6 is 0 Å². The number of benzene rings is 1. The van der Waals surface area contributed by atoms with Crippen LogP contribution < -0.4 is 33.5 Å². The van der Waals surface area contributed by atoms with E-state index in [9.17, 15) is 5.11 Å². The lowest BCUT2D eigenvalue weighted by Crippen LogP contribution is -3.00. The third kappa shape index (κ3) is 4.81. The lowest BCUT2D eigenvalue weighted by molar-refractivity contribution is -0.871. The summed E-state index contributed by atoms with van der Waals surface area (Å²) in [6, 6.07) is 5.67. The molecule has 0 spiro atoms. The van der Waals surface area contributed by atoms with Crippen LogP contribution in [-0.2, 0) is 0 Å². The SMILES string of the molecule is C[N+](C)(C)CCC(O)c1ccc2c(c1)OCCO2.[I-]. The predicted molar refractivity (Wildman–Crippen MR) is 69.9 cm³/mol. The molecule has 1 aliphatic heterocycles. The minimum atomic E-state index is -0.446. The van der Waals surface area contributed by atoms with Crippen LogP contribution in [0.5, 0.6) is 11.5 Å². The van der Waals surface area contributed by atoms with Crippen molar-refractivity contribution in [3.05, 3.63) is 23.8 Å². The van der Waals surface area contributed by atoms with Crippen LogP contribution in [0.2, 0.25) is 0 Å². The van der Waals surface area contributed by atoms with Crippen molar-refractivity contribution >= 4 is 0 Å². The van der Waals surface area contributed by atoms with Crippen molar-refractivity contribution in [2.24, 2.45) is 0 Å². The van der Waals surface area contributed by atoms with Crippen LogP contribution in [0.4, 0.5) is 0 Å². The molecule has 4 nitrogen and oxygen atoms in total. The molecule has 0 fully saturated rings. The van der Waals surface area contributed by atoms with Crippen molar-refractivity contribution in [2.45, 2.75) is 12.5 Å². The van der Waals surface area contributed by atoms with Gasteiger partial charge in [-0.05, 0) is 17.7 Å². The van der Waals surface area contributed by atoms with Crippen molar-refractivity contribution in [3.8, 4) is 11.5 Å². The number of rotatable bonds is 4. The molecule has 1 heterocycles. The first kappa shape index (κ1) is 16.5. The molecule has 0 bridgehead atoms. The van der Waals surface area contributed by atoms with Gasteiger partial charge in [-0.25, -0.2) is 0 Å². The van der Waals surface area contributed by atoms with Gasteiger partial charge in [-0.3, -0.25) is 0 Å². The van der Waals surface area contributed by atoms with Crippen LogP contribution in [0.15, 0.2) is 18.2 Å². The van der Waals surface area contributed by atoms with Gasteiger partial charge < -0.3 is 43.0 Å². The normalized spacial score (nSPS) is 15.6. The average Bonchev–Trinajstić information content (AvgIpc) is 2.34. The summed E-state index contributed by atoms with van der Waals surface area (Å²) in [5, 5.41) is 10.2. The highest BCUT2D eigenvalue weighted by molar-refractivity contribution is 5.44. The smallest absolute Gasteiger partial charge is 0.161 e. The van der Waals surface area contributed by atoms with Gasteiger partial charge in [0.2, 0.25) is 0 Å². The zero-order chi connectivity index (χ0) is 13.2. The van der Waals surface area contributed by atoms with E-state index in [-0.39, 0.29) is 24.0 Å². The molecule has 0 aliphatic carbocycles. The van der Waals surface area contributed by atoms with Crippen molar-refractivity contribution in [2.75, 3.05) is 40.9 Å². The quantitative estimate of drug-likeness (QED) is 0.517. The minimum absolute atomic E-state index is 0. The second-order valence-electron chi connectivity index (χ2n) is 5.72. The summed E-state index contributed by atoms with van der Waals surface area (Å²) in [4.78, 5) is 0. The molecule has 19 heavy (non-hydrogen) atoms. The van der Waals surface area contributed by atoms with E-state index in [2.05, 4.69) is 21.1 Å². The van der Waals surface area contributed by atoms with Gasteiger partial charge >= 0.3 is 0 Å². The molecule has 108 valence electrons. The molecule has 1 N–H and O–H groups in total. The molecule has 1 unspecified atom stereocenters. The molecule has 5 heteroatoms. The first-order valence-electron chi connectivity index (χ1n) is 6.34. The molecule has 2 rings (SSSR count). The number of ether oxygens (including phenoxy) is 2. The Labute approximate surface area is 131 Å². The lowest BCUT2D eigenvalue weighted by atomic mass is 10.1. The molecule has 1 aromatic carbocycles. The van der Waals surface area contributed by atoms with Gasteiger partial charge in [0, 0.05) is 6.42 Å². The van der Waals surface area contributed by atoms with Crippen LogP contribution in [-0.4, -0.2) is 50.5 Å². The topological polar surface area (TPSA) is 38.7 Å². The molecule has 0 radical (unpaired) electrons. The lowest BCUT2D eigenvalue weighted by Gasteiger charge is -2.25. The zero-order valence-electron chi connectivity index (χ0n) is 11.7. The molecule has 1 aliphatic rings. The fourth-order valence-electron chi connectivity index (χ4n) is 1.94. The van der Waals surface area contributed by atoms with Crippen molar-refractivity contribution in [1.82, 2.24) is 0 Å². The summed E-state index contributed by atoms with van der Waals surface area (Å²) in [5.41, 5.74) is 0.896. The van der Waals surface area contributed by atoms with Crippen LogP contribution in [0, 0.1) is 0 Å². The maximum atomic E-state index is 10.2. The Hall–Kier alpha value is -0.530. The number of aliphatic hydroxyl groups is 1. The van der Waals surface area contributed by atoms with E-state index < -0.39 is 6.10 Å². The Kier molecular flexibility index (Phi) is 5.88. The van der Waals surface area contributed by atoms with Crippen molar-refractivity contribution < 1.29 is 43.0 Å². The van der Waals surface area contributed by atoms with E-state index in [1.807, 2.05) is 18.2 Å². The number of hydrogen-bond donors (Lipinski definition) is 1. The second kappa shape index (κ2) is 6.76. The maximum absolute atomic E-state index is 10.2. The Morgan fingerprint density at radius 3 is 2.42 bits per heavy atom. The fraction of sp³-hybridized carbons (Fsp3) is 0.571. The number of quaternary nitrogens is 1. The van der Waals surface area contributed by atoms with Crippen molar-refractivity contribution in [1.29, 1.82) is 0 Å². The Morgan fingerprint density at radius 2 is 1.79 bits per heavy atom. The van der Waals surface area contributed by atoms with Gasteiger partial charge in [-0.2, -0.15) is 0 Å². The summed E-state index contributed by atoms with van der Waals surface area (Å²) in [5.74, 6) is 1.51. The van der Waals surface area contributed by atoms with E-state index in [1.165, 1.54) is 0 Å². The molecule has 0 saturated heterocycles. The van der Waals surface area contributed by atoms with Gasteiger partial charge in [-0.1, -0.05) is 6.07 Å². The Balaban J connectivity index is 0.00000180. The van der Waals surface area contributed by atoms with Crippen molar-refractivity contribution in [3.63, 3.8) is 0 Å². The molecule has 0 amide bonds. The third-order valence-electron chi connectivity index (χ3n) is 3.02. The number of aliphatic hydroxyl groups excluding tert-OH is 1. The minimum Gasteiger partial charge on any atom is -1.00 e. The van der Waals surface area contributed by atoms with Crippen LogP contribution in [0.1, 0.15) is 18.1 Å². The molecule has 0 saturated carbocycles. The predicted octanol–water partition coefficient (Wildman–Crippen LogP) is -1.41. The van der Waals surface area contributed by atoms with Crippen LogP contribution in [0.25, 0.3) is 0 Å². The zero-order valence-corrected chi connectivity index (χ0v) is 13.9. The highest BCUT2D eigenvalue weighted by Gasteiger charge is 2.17. The summed E-state index contributed by atoms with van der Waals surface area (Å²) in [7, 11) is 6.36. The largest absolute Gasteiger partial charge is 1.00 e. The second-order valence-corrected chi connectivity index (χ2v) is 5.72. The molecule has 0 aromatic heterocycles. The van der Waals surface area contributed by atoms with Gasteiger partial charge in [-0.15, -0.1) is 0 Å². The van der Waals surface area contributed by atoms with E-state index in [0.717, 1.165) is 34.5 Å². The van der Waals surface area contributed by atoms with E-state index in [1.54, 1.807) is 0 Å². The fourth-order valence-corrected chi connectivity index (χ4v) is 1.94. The van der Waals surface area contributed by atoms with E-state index in [0.29, 0.717) is 13.2 Å². The molecular weight excluding hydrogens is 357 g/mol.